The van der Waals surface area contributed by atoms with E-state index in [1.807, 2.05) is 60.8 Å². The molecule has 0 aliphatic carbocycles. The van der Waals surface area contributed by atoms with Crippen molar-refractivity contribution in [2.45, 2.75) is 32.6 Å². The van der Waals surface area contributed by atoms with Gasteiger partial charge < -0.3 is 10.6 Å². The Morgan fingerprint density at radius 2 is 1.71 bits per heavy atom. The third-order valence-corrected chi connectivity index (χ3v) is 4.49. The Labute approximate surface area is 166 Å². The van der Waals surface area contributed by atoms with Gasteiger partial charge in [-0.05, 0) is 30.7 Å². The number of nitrogens with one attached hydrogen (secondary N) is 2. The monoisotopic (exact) mass is 374 g/mol. The Kier molecular flexibility index (Phi) is 7.13. The van der Waals surface area contributed by atoms with Crippen LogP contribution in [0.5, 0.6) is 0 Å². The van der Waals surface area contributed by atoms with E-state index >= 15 is 0 Å². The van der Waals surface area contributed by atoms with Gasteiger partial charge in [0.25, 0.3) is 0 Å². The molecular weight excluding hydrogens is 348 g/mol. The highest BCUT2D eigenvalue weighted by Gasteiger charge is 2.09. The molecule has 0 saturated heterocycles. The first kappa shape index (κ1) is 19.5. The van der Waals surface area contributed by atoms with Crippen molar-refractivity contribution in [3.8, 4) is 22.5 Å². The van der Waals surface area contributed by atoms with Gasteiger partial charge in [0, 0.05) is 30.1 Å². The molecule has 1 aromatic carbocycles. The summed E-state index contributed by atoms with van der Waals surface area (Å²) >= 11 is 0. The van der Waals surface area contributed by atoms with Crippen molar-refractivity contribution in [3.05, 3.63) is 67.0 Å². The molecule has 2 heterocycles. The lowest BCUT2D eigenvalue weighted by atomic mass is 10.0. The van der Waals surface area contributed by atoms with Crippen LogP contribution < -0.4 is 10.6 Å². The minimum atomic E-state index is -0.179. The van der Waals surface area contributed by atoms with Gasteiger partial charge in [-0.3, -0.25) is 9.97 Å². The number of rotatable bonds is 8. The van der Waals surface area contributed by atoms with Gasteiger partial charge in [-0.2, -0.15) is 0 Å². The normalized spacial score (nSPS) is 10.5. The van der Waals surface area contributed by atoms with Crippen LogP contribution in [0.15, 0.2) is 67.0 Å². The van der Waals surface area contributed by atoms with Gasteiger partial charge in [0.2, 0.25) is 0 Å². The topological polar surface area (TPSA) is 66.9 Å². The number of unbranched alkanes of at least 4 members (excludes halogenated alkanes) is 3. The van der Waals surface area contributed by atoms with E-state index in [1.54, 1.807) is 6.20 Å². The molecule has 5 nitrogen and oxygen atoms in total. The molecule has 28 heavy (non-hydrogen) atoms. The summed E-state index contributed by atoms with van der Waals surface area (Å²) in [7, 11) is 0. The van der Waals surface area contributed by atoms with Crippen LogP contribution in [0, 0.1) is 0 Å². The van der Waals surface area contributed by atoms with Crippen LogP contribution in [-0.4, -0.2) is 22.5 Å². The number of pyridine rings is 2. The Morgan fingerprint density at radius 1 is 0.893 bits per heavy atom. The number of hydrogen-bond donors (Lipinski definition) is 2. The second-order valence-corrected chi connectivity index (χ2v) is 6.63. The fraction of sp³-hybridized carbons (Fsp3) is 0.261. The first-order valence-corrected chi connectivity index (χ1v) is 9.79. The maximum absolute atomic E-state index is 12.2. The Balaban J connectivity index is 1.67. The SMILES string of the molecule is CCCCCCNC(=O)Nc1ccccc1-c1ccc(-c2ccccn2)nc1. The van der Waals surface area contributed by atoms with E-state index in [1.165, 1.54) is 12.8 Å². The Bertz CT molecular complexity index is 879. The number of urea groups is 1. The second kappa shape index (κ2) is 10.2. The average molecular weight is 374 g/mol. The van der Waals surface area contributed by atoms with Crippen LogP contribution in [-0.2, 0) is 0 Å². The van der Waals surface area contributed by atoms with Crippen molar-refractivity contribution in [3.63, 3.8) is 0 Å². The summed E-state index contributed by atoms with van der Waals surface area (Å²) in [6.07, 6.45) is 8.10. The molecule has 5 heteroatoms. The number of amides is 2. The zero-order valence-electron chi connectivity index (χ0n) is 16.2. The quantitative estimate of drug-likeness (QED) is 0.511. The van der Waals surface area contributed by atoms with Crippen molar-refractivity contribution >= 4 is 11.7 Å². The first-order valence-electron chi connectivity index (χ1n) is 9.79. The van der Waals surface area contributed by atoms with Crippen LogP contribution in [0.3, 0.4) is 0 Å². The molecule has 0 unspecified atom stereocenters. The van der Waals surface area contributed by atoms with Crippen LogP contribution >= 0.6 is 0 Å². The van der Waals surface area contributed by atoms with Crippen LogP contribution in [0.4, 0.5) is 10.5 Å². The van der Waals surface area contributed by atoms with E-state index in [4.69, 9.17) is 0 Å². The zero-order valence-corrected chi connectivity index (χ0v) is 16.2. The molecule has 0 radical (unpaired) electrons. The van der Waals surface area contributed by atoms with Crippen molar-refractivity contribution in [2.24, 2.45) is 0 Å². The average Bonchev–Trinajstić information content (AvgIpc) is 2.75. The number of para-hydroxylation sites is 1. The zero-order chi connectivity index (χ0) is 19.6. The number of anilines is 1. The van der Waals surface area contributed by atoms with E-state index in [2.05, 4.69) is 27.5 Å². The summed E-state index contributed by atoms with van der Waals surface area (Å²) in [5.41, 5.74) is 4.30. The summed E-state index contributed by atoms with van der Waals surface area (Å²) in [4.78, 5) is 21.1. The largest absolute Gasteiger partial charge is 0.338 e. The Hall–Kier alpha value is -3.21. The fourth-order valence-corrected chi connectivity index (χ4v) is 2.98. The molecule has 0 bridgehead atoms. The van der Waals surface area contributed by atoms with E-state index in [0.717, 1.165) is 41.0 Å². The molecule has 2 N–H and O–H groups in total. The highest BCUT2D eigenvalue weighted by Crippen LogP contribution is 2.28. The molecule has 0 fully saturated rings. The number of nitrogens with zero attached hydrogens (tertiary/aromatic N) is 2. The minimum absolute atomic E-state index is 0.179. The van der Waals surface area contributed by atoms with Crippen molar-refractivity contribution in [1.29, 1.82) is 0 Å². The van der Waals surface area contributed by atoms with Gasteiger partial charge in [0.15, 0.2) is 0 Å². The van der Waals surface area contributed by atoms with E-state index < -0.39 is 0 Å². The predicted molar refractivity (Wildman–Crippen MR) is 114 cm³/mol. The number of carbonyl (C=O) groups is 1. The van der Waals surface area contributed by atoms with Gasteiger partial charge in [-0.1, -0.05) is 56.5 Å². The lowest BCUT2D eigenvalue weighted by Crippen LogP contribution is -2.29. The minimum Gasteiger partial charge on any atom is -0.338 e. The summed E-state index contributed by atoms with van der Waals surface area (Å²) in [5, 5.41) is 5.88. The van der Waals surface area contributed by atoms with Gasteiger partial charge in [-0.25, -0.2) is 4.79 Å². The lowest BCUT2D eigenvalue weighted by molar-refractivity contribution is 0.252. The third-order valence-electron chi connectivity index (χ3n) is 4.49. The number of aromatic nitrogens is 2. The summed E-state index contributed by atoms with van der Waals surface area (Å²) in [6.45, 7) is 2.86. The van der Waals surface area contributed by atoms with Gasteiger partial charge >= 0.3 is 6.03 Å². The standard InChI is InChI=1S/C23H26N4O/c1-2-3-4-8-16-25-23(28)27-20-11-6-5-10-19(20)18-13-14-22(26-17-18)21-12-7-9-15-24-21/h5-7,9-15,17H,2-4,8,16H2,1H3,(H2,25,27,28). The van der Waals surface area contributed by atoms with Gasteiger partial charge in [-0.15, -0.1) is 0 Å². The molecule has 2 aromatic heterocycles. The molecule has 3 aromatic rings. The summed E-state index contributed by atoms with van der Waals surface area (Å²) in [5.74, 6) is 0. The third kappa shape index (κ3) is 5.39. The molecule has 2 amide bonds. The number of benzene rings is 1. The van der Waals surface area contributed by atoms with E-state index in [-0.39, 0.29) is 6.03 Å². The highest BCUT2D eigenvalue weighted by molar-refractivity contribution is 5.94. The predicted octanol–water partition coefficient (Wildman–Crippen LogP) is 5.51. The maximum Gasteiger partial charge on any atom is 0.319 e. The van der Waals surface area contributed by atoms with E-state index in [0.29, 0.717) is 6.54 Å². The Morgan fingerprint density at radius 3 is 2.46 bits per heavy atom. The van der Waals surface area contributed by atoms with Gasteiger partial charge in [0.1, 0.15) is 0 Å². The highest BCUT2D eigenvalue weighted by atomic mass is 16.2. The van der Waals surface area contributed by atoms with Crippen LogP contribution in [0.25, 0.3) is 22.5 Å². The van der Waals surface area contributed by atoms with Crippen molar-refractivity contribution in [2.75, 3.05) is 11.9 Å². The smallest absolute Gasteiger partial charge is 0.319 e. The molecule has 0 saturated carbocycles. The number of hydrogen-bond acceptors (Lipinski definition) is 3. The molecule has 0 atom stereocenters. The molecule has 144 valence electrons. The molecule has 0 aliphatic rings. The fourth-order valence-electron chi connectivity index (χ4n) is 2.98. The van der Waals surface area contributed by atoms with E-state index in [9.17, 15) is 4.79 Å². The van der Waals surface area contributed by atoms with Crippen LogP contribution in [0.2, 0.25) is 0 Å². The molecule has 0 aliphatic heterocycles. The second-order valence-electron chi connectivity index (χ2n) is 6.63. The van der Waals surface area contributed by atoms with Crippen LogP contribution in [0.1, 0.15) is 32.6 Å². The van der Waals surface area contributed by atoms with Crippen molar-refractivity contribution in [1.82, 2.24) is 15.3 Å². The molecule has 0 spiro atoms. The summed E-state index contributed by atoms with van der Waals surface area (Å²) < 4.78 is 0. The maximum atomic E-state index is 12.2. The summed E-state index contributed by atoms with van der Waals surface area (Å²) in [6, 6.07) is 17.3. The number of carbonyl (C=O) groups excluding carboxylic acids is 1. The molecular formula is C23H26N4O. The van der Waals surface area contributed by atoms with Gasteiger partial charge in [0.05, 0.1) is 17.1 Å². The molecule has 3 rings (SSSR count). The first-order chi connectivity index (χ1) is 13.8. The van der Waals surface area contributed by atoms with Crippen molar-refractivity contribution < 1.29 is 4.79 Å². The lowest BCUT2D eigenvalue weighted by Gasteiger charge is -2.12.